The van der Waals surface area contributed by atoms with Gasteiger partial charge >= 0.3 is 0 Å². The van der Waals surface area contributed by atoms with Crippen LogP contribution in [0.4, 0.5) is 11.4 Å². The molecule has 1 amide bonds. The molecule has 0 aliphatic rings. The Morgan fingerprint density at radius 1 is 1.09 bits per heavy atom. The van der Waals surface area contributed by atoms with Gasteiger partial charge in [0.15, 0.2) is 6.10 Å². The van der Waals surface area contributed by atoms with Crippen LogP contribution in [0.3, 0.4) is 0 Å². The molecule has 3 rings (SSSR count). The number of carbonyl (C=O) groups is 1. The van der Waals surface area contributed by atoms with E-state index in [0.717, 1.165) is 4.31 Å². The summed E-state index contributed by atoms with van der Waals surface area (Å²) in [4.78, 5) is 12.5. The number of amides is 1. The molecule has 0 fully saturated rings. The Hall–Kier alpha value is -3.54. The van der Waals surface area contributed by atoms with Crippen LogP contribution in [0.1, 0.15) is 12.5 Å². The molecule has 0 radical (unpaired) electrons. The highest BCUT2D eigenvalue weighted by Gasteiger charge is 2.21. The summed E-state index contributed by atoms with van der Waals surface area (Å²) in [6.07, 6.45) is -0.817. The van der Waals surface area contributed by atoms with E-state index in [1.54, 1.807) is 55.5 Å². The van der Waals surface area contributed by atoms with Crippen LogP contribution in [-0.2, 0) is 14.8 Å². The maximum absolute atomic E-state index is 12.8. The number of sulfonamides is 1. The fraction of sp³-hybridized carbons (Fsp3) is 0.130. The molecule has 0 spiro atoms. The molecule has 1 atom stereocenters. The lowest BCUT2D eigenvalue weighted by atomic mass is 10.2. The predicted molar refractivity (Wildman–Crippen MR) is 123 cm³/mol. The number of halogens is 1. The van der Waals surface area contributed by atoms with Crippen LogP contribution in [0.25, 0.3) is 0 Å². The van der Waals surface area contributed by atoms with Gasteiger partial charge in [-0.05, 0) is 73.7 Å². The standard InChI is InChI=1S/C23H20ClN3O4S/c1-16(23(28)26-19-5-3-4-17(14-19)15-25)31-21-10-8-20(9-11-21)27(2)32(29,30)22-12-6-18(24)7-13-22/h3-14,16H,1-2H3,(H,26,28)/t16-/m1/s1. The zero-order valence-corrected chi connectivity index (χ0v) is 18.9. The fourth-order valence-corrected chi connectivity index (χ4v) is 4.13. The van der Waals surface area contributed by atoms with E-state index in [1.807, 2.05) is 6.07 Å². The Morgan fingerprint density at radius 2 is 1.75 bits per heavy atom. The summed E-state index contributed by atoms with van der Waals surface area (Å²) in [5.74, 6) is 0.0195. The van der Waals surface area contributed by atoms with Crippen molar-refractivity contribution in [1.29, 1.82) is 5.26 Å². The minimum absolute atomic E-state index is 0.121. The lowest BCUT2D eigenvalue weighted by Crippen LogP contribution is -2.30. The molecule has 0 unspecified atom stereocenters. The van der Waals surface area contributed by atoms with Crippen LogP contribution in [0.15, 0.2) is 77.7 Å². The molecule has 3 aromatic carbocycles. The first-order valence-corrected chi connectivity index (χ1v) is 11.3. The fourth-order valence-electron chi connectivity index (χ4n) is 2.81. The average Bonchev–Trinajstić information content (AvgIpc) is 2.79. The Bertz CT molecular complexity index is 1250. The van der Waals surface area contributed by atoms with Gasteiger partial charge in [-0.3, -0.25) is 9.10 Å². The van der Waals surface area contributed by atoms with E-state index in [-0.39, 0.29) is 10.8 Å². The molecular weight excluding hydrogens is 450 g/mol. The first-order valence-electron chi connectivity index (χ1n) is 9.53. The number of anilines is 2. The minimum atomic E-state index is -3.75. The Kier molecular flexibility index (Phi) is 7.03. The Balaban J connectivity index is 1.66. The van der Waals surface area contributed by atoms with Gasteiger partial charge in [-0.15, -0.1) is 0 Å². The third-order valence-corrected chi connectivity index (χ3v) is 6.67. The largest absolute Gasteiger partial charge is 0.481 e. The summed E-state index contributed by atoms with van der Waals surface area (Å²) < 4.78 is 32.4. The summed E-state index contributed by atoms with van der Waals surface area (Å²) in [7, 11) is -2.30. The van der Waals surface area contributed by atoms with Crippen molar-refractivity contribution >= 4 is 38.9 Å². The van der Waals surface area contributed by atoms with Crippen molar-refractivity contribution in [3.63, 3.8) is 0 Å². The minimum Gasteiger partial charge on any atom is -0.481 e. The van der Waals surface area contributed by atoms with Gasteiger partial charge in [-0.25, -0.2) is 8.42 Å². The highest BCUT2D eigenvalue weighted by atomic mass is 35.5. The monoisotopic (exact) mass is 469 g/mol. The maximum Gasteiger partial charge on any atom is 0.265 e. The first kappa shape index (κ1) is 23.1. The molecule has 32 heavy (non-hydrogen) atoms. The third kappa shape index (κ3) is 5.38. The number of nitrogens with zero attached hydrogens (tertiary/aromatic N) is 2. The van der Waals surface area contributed by atoms with Gasteiger partial charge in [0.25, 0.3) is 15.9 Å². The summed E-state index contributed by atoms with van der Waals surface area (Å²) in [5.41, 5.74) is 1.36. The van der Waals surface area contributed by atoms with Crippen LogP contribution >= 0.6 is 11.6 Å². The van der Waals surface area contributed by atoms with E-state index in [9.17, 15) is 13.2 Å². The molecule has 3 aromatic rings. The number of nitrogens with one attached hydrogen (secondary N) is 1. The third-order valence-electron chi connectivity index (χ3n) is 4.61. The number of hydrogen-bond acceptors (Lipinski definition) is 5. The smallest absolute Gasteiger partial charge is 0.265 e. The molecular formula is C23H20ClN3O4S. The molecule has 164 valence electrons. The van der Waals surface area contributed by atoms with Gasteiger partial charge in [0, 0.05) is 17.8 Å². The van der Waals surface area contributed by atoms with Crippen molar-refractivity contribution in [3.8, 4) is 11.8 Å². The summed E-state index contributed by atoms with van der Waals surface area (Å²) in [6.45, 7) is 1.59. The first-order chi connectivity index (χ1) is 15.2. The Morgan fingerprint density at radius 3 is 2.38 bits per heavy atom. The van der Waals surface area contributed by atoms with Crippen molar-refractivity contribution in [2.45, 2.75) is 17.9 Å². The van der Waals surface area contributed by atoms with E-state index < -0.39 is 16.1 Å². The summed E-state index contributed by atoms with van der Waals surface area (Å²) in [6, 6.07) is 20.8. The molecule has 9 heteroatoms. The van der Waals surface area contributed by atoms with Crippen molar-refractivity contribution < 1.29 is 17.9 Å². The lowest BCUT2D eigenvalue weighted by Gasteiger charge is -2.20. The summed E-state index contributed by atoms with van der Waals surface area (Å²) in [5, 5.41) is 12.1. The molecule has 0 aliphatic heterocycles. The molecule has 0 aliphatic carbocycles. The number of carbonyl (C=O) groups excluding carboxylic acids is 1. The molecule has 0 saturated heterocycles. The quantitative estimate of drug-likeness (QED) is 0.551. The SMILES string of the molecule is C[C@@H](Oc1ccc(N(C)S(=O)(=O)c2ccc(Cl)cc2)cc1)C(=O)Nc1cccc(C#N)c1. The van der Waals surface area contributed by atoms with Crippen molar-refractivity contribution in [1.82, 2.24) is 0 Å². The highest BCUT2D eigenvalue weighted by Crippen LogP contribution is 2.25. The number of benzene rings is 3. The van der Waals surface area contributed by atoms with E-state index >= 15 is 0 Å². The van der Waals surface area contributed by atoms with E-state index in [1.165, 1.54) is 31.3 Å². The normalized spacial score (nSPS) is 11.8. The molecule has 0 bridgehead atoms. The van der Waals surface area contributed by atoms with Crippen molar-refractivity contribution in [2.75, 3.05) is 16.7 Å². The van der Waals surface area contributed by atoms with Gasteiger partial charge in [0.1, 0.15) is 5.75 Å². The predicted octanol–water partition coefficient (Wildman–Crippen LogP) is 4.44. The van der Waals surface area contributed by atoms with Gasteiger partial charge in [0.05, 0.1) is 22.2 Å². The number of rotatable bonds is 7. The topological polar surface area (TPSA) is 99.5 Å². The van der Waals surface area contributed by atoms with Crippen LogP contribution in [0.2, 0.25) is 5.02 Å². The van der Waals surface area contributed by atoms with Crippen LogP contribution < -0.4 is 14.4 Å². The number of hydrogen-bond donors (Lipinski definition) is 1. The highest BCUT2D eigenvalue weighted by molar-refractivity contribution is 7.92. The number of nitriles is 1. The van der Waals surface area contributed by atoms with Gasteiger partial charge in [-0.1, -0.05) is 17.7 Å². The zero-order chi connectivity index (χ0) is 23.3. The van der Waals surface area contributed by atoms with Crippen LogP contribution in [-0.4, -0.2) is 27.5 Å². The van der Waals surface area contributed by atoms with Crippen molar-refractivity contribution in [2.24, 2.45) is 0 Å². The van der Waals surface area contributed by atoms with E-state index in [0.29, 0.717) is 27.7 Å². The van der Waals surface area contributed by atoms with Crippen molar-refractivity contribution in [3.05, 3.63) is 83.4 Å². The second-order valence-electron chi connectivity index (χ2n) is 6.86. The van der Waals surface area contributed by atoms with Gasteiger partial charge < -0.3 is 10.1 Å². The van der Waals surface area contributed by atoms with Gasteiger partial charge in [-0.2, -0.15) is 5.26 Å². The van der Waals surface area contributed by atoms with Crippen LogP contribution in [0, 0.1) is 11.3 Å². The Labute approximate surface area is 191 Å². The average molecular weight is 470 g/mol. The molecule has 0 heterocycles. The second kappa shape index (κ2) is 9.73. The molecule has 0 aromatic heterocycles. The van der Waals surface area contributed by atoms with Crippen LogP contribution in [0.5, 0.6) is 5.75 Å². The molecule has 0 saturated carbocycles. The lowest BCUT2D eigenvalue weighted by molar-refractivity contribution is -0.122. The van der Waals surface area contributed by atoms with E-state index in [2.05, 4.69) is 5.32 Å². The molecule has 7 nitrogen and oxygen atoms in total. The molecule has 1 N–H and O–H groups in total. The summed E-state index contributed by atoms with van der Waals surface area (Å²) >= 11 is 5.83. The maximum atomic E-state index is 12.8. The second-order valence-corrected chi connectivity index (χ2v) is 9.27. The zero-order valence-electron chi connectivity index (χ0n) is 17.3. The van der Waals surface area contributed by atoms with Gasteiger partial charge in [0.2, 0.25) is 0 Å². The number of ether oxygens (including phenoxy) is 1. The van der Waals surface area contributed by atoms with E-state index in [4.69, 9.17) is 21.6 Å².